The van der Waals surface area contributed by atoms with E-state index in [1.54, 1.807) is 0 Å². The van der Waals surface area contributed by atoms with Gasteiger partial charge >= 0.3 is 54.8 Å². The van der Waals surface area contributed by atoms with Gasteiger partial charge in [-0.2, -0.15) is 0 Å². The first-order chi connectivity index (χ1) is 2.00. The van der Waals surface area contributed by atoms with Crippen molar-refractivity contribution in [2.24, 2.45) is 0 Å². The smallest absolute Gasteiger partial charge is 2.00 e. The zero-order valence-electron chi connectivity index (χ0n) is 3.53. The summed E-state index contributed by atoms with van der Waals surface area (Å²) in [6.07, 6.45) is 0. The zero-order chi connectivity index (χ0) is 4.50. The fourth-order valence-electron chi connectivity index (χ4n) is 0. The summed E-state index contributed by atoms with van der Waals surface area (Å²) in [4.78, 5) is 0. The van der Waals surface area contributed by atoms with Crippen molar-refractivity contribution in [3.05, 3.63) is 0 Å². The molecule has 45 valence electrons. The minimum Gasteiger partial charge on any atom is -2.00 e. The third-order valence-electron chi connectivity index (χ3n) is 0. The molecule has 8 heavy (non-hydrogen) atoms. The van der Waals surface area contributed by atoms with Crippen molar-refractivity contribution >= 4 is 48.1 Å². The van der Waals surface area contributed by atoms with E-state index in [4.69, 9.17) is 17.5 Å². The van der Waals surface area contributed by atoms with Crippen molar-refractivity contribution in [3.63, 3.8) is 0 Å². The van der Waals surface area contributed by atoms with Crippen LogP contribution in [-0.4, -0.2) is 55.3 Å². The summed E-state index contributed by atoms with van der Waals surface area (Å²) in [6.45, 7) is 0. The number of rotatable bonds is 0. The van der Waals surface area contributed by atoms with Crippen LogP contribution in [0.4, 0.5) is 0 Å². The average Bonchev–Trinajstić information content (AvgIpc) is 0.722. The Kier molecular flexibility index (Phi) is 24.4. The fourth-order valence-corrected chi connectivity index (χ4v) is 0. The molecule has 0 bridgehead atoms. The Hall–Kier alpha value is 1.61. The van der Waals surface area contributed by atoms with E-state index in [1.807, 2.05) is 0 Å². The van der Waals surface area contributed by atoms with Crippen LogP contribution in [0.3, 0.4) is 0 Å². The quantitative estimate of drug-likeness (QED) is 0.264. The maximum Gasteiger partial charge on any atom is 2.00 e. The summed E-state index contributed by atoms with van der Waals surface area (Å²) in [7, 11) is -5.17. The van der Waals surface area contributed by atoms with Gasteiger partial charge in [0.1, 0.15) is 0 Å². The molecule has 0 N–H and O–H groups in total. The van der Waals surface area contributed by atoms with Crippen molar-refractivity contribution < 1.29 is 40.1 Å². The van der Waals surface area contributed by atoms with Crippen LogP contribution in [0.1, 0.15) is 0 Å². The molecule has 0 aromatic carbocycles. The van der Waals surface area contributed by atoms with Crippen LogP contribution < -0.4 is 0 Å². The fraction of sp³-hybridized carbons (Fsp3) is 0. The monoisotopic (exact) mass is 207 g/mol. The van der Waals surface area contributed by atoms with E-state index in [2.05, 4.69) is 0 Å². The molecule has 0 heterocycles. The van der Waals surface area contributed by atoms with Gasteiger partial charge in [0.05, 0.1) is 0 Å². The van der Waals surface area contributed by atoms with Crippen LogP contribution in [-0.2, 0) is 32.9 Å². The van der Waals surface area contributed by atoms with Gasteiger partial charge in [-0.25, -0.2) is 0 Å². The second-order valence-corrected chi connectivity index (χ2v) is 1.22. The van der Waals surface area contributed by atoms with Crippen molar-refractivity contribution in [2.45, 2.75) is 0 Å². The van der Waals surface area contributed by atoms with E-state index in [0.717, 1.165) is 0 Å². The second-order valence-electron chi connectivity index (χ2n) is 0.408. The largest absolute Gasteiger partial charge is 2.00 e. The van der Waals surface area contributed by atoms with Crippen molar-refractivity contribution in [1.82, 2.24) is 0 Å². The van der Waals surface area contributed by atoms with E-state index >= 15 is 0 Å². The predicted octanol–water partition coefficient (Wildman–Crippen LogP) is -1.84. The third-order valence-corrected chi connectivity index (χ3v) is 0. The average molecular weight is 207 g/mol. The Morgan fingerprint density at radius 1 is 1.12 bits per heavy atom. The Bertz CT molecular complexity index is 95.6. The minimum absolute atomic E-state index is 0. The predicted molar refractivity (Wildman–Crippen MR) is 16.9 cm³/mol. The van der Waals surface area contributed by atoms with Gasteiger partial charge in [0, 0.05) is 10.4 Å². The molecule has 0 aromatic heterocycles. The first kappa shape index (κ1) is 22.6. The van der Waals surface area contributed by atoms with E-state index in [9.17, 15) is 0 Å². The molecule has 0 fully saturated rings. The van der Waals surface area contributed by atoms with Gasteiger partial charge in [-0.15, -0.1) is 0 Å². The molecular weight excluding hydrogens is 207 g/mol. The molecule has 8 heteroatoms. The van der Waals surface area contributed by atoms with Gasteiger partial charge in [-0.05, 0) is 0 Å². The summed E-state index contributed by atoms with van der Waals surface area (Å²) in [5.41, 5.74) is 0. The van der Waals surface area contributed by atoms with E-state index < -0.39 is 10.4 Å². The van der Waals surface area contributed by atoms with Crippen molar-refractivity contribution in [3.8, 4) is 0 Å². The van der Waals surface area contributed by atoms with E-state index in [0.29, 0.717) is 0 Å². The molecule has 0 atom stereocenters. The van der Waals surface area contributed by atoms with Crippen LogP contribution in [0.25, 0.3) is 0 Å². The molecule has 0 spiro atoms. The Labute approximate surface area is 87.2 Å². The molecule has 0 unspecified atom stereocenters. The maximum atomic E-state index is 8.52. The first-order valence-electron chi connectivity index (χ1n) is 0.667. The van der Waals surface area contributed by atoms with Gasteiger partial charge in [0.2, 0.25) is 0 Å². The molecule has 5 nitrogen and oxygen atoms in total. The first-order valence-corrected chi connectivity index (χ1v) is 2.00. The number of hydrogen-bond acceptors (Lipinski definition) is 4. The molecule has 0 rings (SSSR count). The van der Waals surface area contributed by atoms with Crippen LogP contribution in [0.15, 0.2) is 0 Å². The number of hydrogen-bond donors (Lipinski definition) is 0. The Balaban J connectivity index is -0.0000000267. The van der Waals surface area contributed by atoms with E-state index in [-0.39, 0.29) is 60.3 Å². The van der Waals surface area contributed by atoms with Crippen molar-refractivity contribution in [1.29, 1.82) is 0 Å². The van der Waals surface area contributed by atoms with Gasteiger partial charge < -0.3 is 14.6 Å². The molecule has 0 aliphatic heterocycles. The standard InChI is InChI=1S/Ca.Mn.H2O4S.O/c;;1-5(2,3)4;/h;;(H2,1,2,3,4);/q2*+2;;-2/p-2. The van der Waals surface area contributed by atoms with Crippen LogP contribution in [0.2, 0.25) is 0 Å². The van der Waals surface area contributed by atoms with Crippen LogP contribution in [0, 0.1) is 0 Å². The van der Waals surface area contributed by atoms with Gasteiger partial charge in [-0.3, -0.25) is 8.42 Å². The molecule has 0 amide bonds. The SMILES string of the molecule is O=S(=O)([O-])[O-].[Ca+2].[Mn+2].[O-2]. The topological polar surface area (TPSA) is 109 Å². The second kappa shape index (κ2) is 8.61. The van der Waals surface area contributed by atoms with Crippen molar-refractivity contribution in [2.75, 3.05) is 0 Å². The summed E-state index contributed by atoms with van der Waals surface area (Å²) in [5.74, 6) is 0. The molecule has 0 aliphatic carbocycles. The Morgan fingerprint density at radius 3 is 1.12 bits per heavy atom. The van der Waals surface area contributed by atoms with Gasteiger partial charge in [0.15, 0.2) is 0 Å². The molecule has 0 aliphatic rings. The minimum atomic E-state index is -5.17. The molecule has 0 saturated carbocycles. The zero-order valence-corrected chi connectivity index (χ0v) is 7.74. The van der Waals surface area contributed by atoms with Crippen LogP contribution in [0.5, 0.6) is 0 Å². The van der Waals surface area contributed by atoms with Gasteiger partial charge in [0.25, 0.3) is 0 Å². The Morgan fingerprint density at radius 2 is 1.12 bits per heavy atom. The molecule has 1 radical (unpaired) electrons. The summed E-state index contributed by atoms with van der Waals surface area (Å²) in [6, 6.07) is 0. The van der Waals surface area contributed by atoms with Crippen LogP contribution >= 0.6 is 0 Å². The summed E-state index contributed by atoms with van der Waals surface area (Å²) in [5, 5.41) is 0. The maximum absolute atomic E-state index is 8.52. The normalized spacial score (nSPS) is 7.25. The molecule has 0 saturated heterocycles. The summed E-state index contributed by atoms with van der Waals surface area (Å²) < 4.78 is 34.1. The molecular formula is CaMnO5S. The third kappa shape index (κ3) is 128. The summed E-state index contributed by atoms with van der Waals surface area (Å²) >= 11 is 0. The van der Waals surface area contributed by atoms with Gasteiger partial charge in [-0.1, -0.05) is 0 Å². The van der Waals surface area contributed by atoms with E-state index in [1.165, 1.54) is 0 Å². The molecule has 0 aromatic rings.